The molecule has 0 spiro atoms. The lowest BCUT2D eigenvalue weighted by atomic mass is 10.0. The molecule has 4 aromatic rings. The van der Waals surface area contributed by atoms with E-state index in [1.807, 2.05) is 36.4 Å². The van der Waals surface area contributed by atoms with Crippen LogP contribution in [0, 0.1) is 6.92 Å². The molecule has 0 aliphatic heterocycles. The Kier molecular flexibility index (Phi) is 3.73. The third-order valence-corrected chi connectivity index (χ3v) is 4.45. The van der Waals surface area contributed by atoms with Crippen molar-refractivity contribution in [1.29, 1.82) is 0 Å². The molecule has 0 fully saturated rings. The summed E-state index contributed by atoms with van der Waals surface area (Å²) in [5, 5.41) is 28.4. The summed E-state index contributed by atoms with van der Waals surface area (Å²) in [4.78, 5) is 11.9. The molecule has 0 saturated carbocycles. The molecule has 2 aromatic heterocycles. The lowest BCUT2D eigenvalue weighted by Crippen LogP contribution is -2.11. The lowest BCUT2D eigenvalue weighted by Gasteiger charge is -2.10. The van der Waals surface area contributed by atoms with E-state index in [1.54, 1.807) is 19.1 Å². The van der Waals surface area contributed by atoms with Crippen LogP contribution in [0.2, 0.25) is 0 Å². The van der Waals surface area contributed by atoms with E-state index in [4.69, 9.17) is 0 Å². The van der Waals surface area contributed by atoms with Crippen molar-refractivity contribution >= 4 is 10.8 Å². The van der Waals surface area contributed by atoms with Crippen LogP contribution in [-0.2, 0) is 6.42 Å². The Morgan fingerprint density at radius 3 is 2.54 bits per heavy atom. The molecule has 0 saturated heterocycles. The van der Waals surface area contributed by atoms with Crippen molar-refractivity contribution in [2.45, 2.75) is 13.3 Å². The minimum Gasteiger partial charge on any atom is -0.494 e. The maximum absolute atomic E-state index is 11.9. The number of rotatable bonds is 3. The van der Waals surface area contributed by atoms with E-state index >= 15 is 0 Å². The molecule has 0 unspecified atom stereocenters. The fourth-order valence-electron chi connectivity index (χ4n) is 3.17. The molecule has 0 radical (unpaired) electrons. The van der Waals surface area contributed by atoms with Gasteiger partial charge >= 0.3 is 0 Å². The van der Waals surface area contributed by atoms with E-state index in [1.165, 1.54) is 10.6 Å². The van der Waals surface area contributed by atoms with E-state index in [0.29, 0.717) is 23.1 Å². The van der Waals surface area contributed by atoms with Crippen molar-refractivity contribution in [2.24, 2.45) is 0 Å². The largest absolute Gasteiger partial charge is 0.494 e. The molecule has 2 heterocycles. The summed E-state index contributed by atoms with van der Waals surface area (Å²) in [5.41, 5.74) is 2.74. The minimum atomic E-state index is -0.212. The first-order valence-corrected chi connectivity index (χ1v) is 8.20. The van der Waals surface area contributed by atoms with Crippen molar-refractivity contribution in [1.82, 2.24) is 14.8 Å². The van der Waals surface area contributed by atoms with Crippen LogP contribution in [0.1, 0.15) is 16.8 Å². The third kappa shape index (κ3) is 2.61. The standard InChI is InChI=1S/C20H17N3O3/c1-12-9-18(24)23(20(12)26)14-6-4-5-13(10-14)11-17-15-7-2-3-8-16(15)19(25)22-21-17/h2-10,24,26H,11H2,1H3,(H,22,25). The van der Waals surface area contributed by atoms with Gasteiger partial charge in [-0.15, -0.1) is 0 Å². The second-order valence-electron chi connectivity index (χ2n) is 6.24. The smallest absolute Gasteiger partial charge is 0.272 e. The molecule has 4 rings (SSSR count). The Morgan fingerprint density at radius 2 is 1.81 bits per heavy atom. The van der Waals surface area contributed by atoms with Crippen LogP contribution in [0.4, 0.5) is 0 Å². The van der Waals surface area contributed by atoms with Crippen molar-refractivity contribution in [2.75, 3.05) is 0 Å². The van der Waals surface area contributed by atoms with Gasteiger partial charge in [-0.05, 0) is 30.7 Å². The normalized spacial score (nSPS) is 11.1. The average molecular weight is 347 g/mol. The summed E-state index contributed by atoms with van der Waals surface area (Å²) in [7, 11) is 0. The van der Waals surface area contributed by atoms with Crippen LogP contribution in [0.15, 0.2) is 59.4 Å². The second kappa shape index (κ2) is 6.07. The number of hydrogen-bond acceptors (Lipinski definition) is 4. The summed E-state index contributed by atoms with van der Waals surface area (Å²) in [6.45, 7) is 1.73. The molecule has 2 aromatic carbocycles. The van der Waals surface area contributed by atoms with Crippen LogP contribution in [-0.4, -0.2) is 25.0 Å². The molecule has 0 aliphatic rings. The number of benzene rings is 2. The van der Waals surface area contributed by atoms with E-state index in [0.717, 1.165) is 16.6 Å². The van der Waals surface area contributed by atoms with Gasteiger partial charge in [0.1, 0.15) is 0 Å². The van der Waals surface area contributed by atoms with E-state index in [-0.39, 0.29) is 17.3 Å². The zero-order valence-corrected chi connectivity index (χ0v) is 14.1. The van der Waals surface area contributed by atoms with Gasteiger partial charge in [-0.3, -0.25) is 9.36 Å². The monoisotopic (exact) mass is 347 g/mol. The van der Waals surface area contributed by atoms with Crippen LogP contribution in [0.25, 0.3) is 16.5 Å². The summed E-state index contributed by atoms with van der Waals surface area (Å²) < 4.78 is 1.39. The van der Waals surface area contributed by atoms with Gasteiger partial charge in [0.2, 0.25) is 5.88 Å². The highest BCUT2D eigenvalue weighted by Crippen LogP contribution is 2.31. The fraction of sp³-hybridized carbons (Fsp3) is 0.100. The van der Waals surface area contributed by atoms with Gasteiger partial charge in [-0.25, -0.2) is 5.10 Å². The average Bonchev–Trinajstić information content (AvgIpc) is 2.90. The number of aryl methyl sites for hydroxylation is 1. The maximum Gasteiger partial charge on any atom is 0.272 e. The minimum absolute atomic E-state index is 0.00673. The molecule has 0 amide bonds. The SMILES string of the molecule is Cc1cc(O)n(-c2cccc(Cc3n[nH]c(=O)c4ccccc34)c2)c1O. The molecule has 3 N–H and O–H groups in total. The molecule has 6 heteroatoms. The van der Waals surface area contributed by atoms with Gasteiger partial charge in [0.15, 0.2) is 5.88 Å². The van der Waals surface area contributed by atoms with Crippen LogP contribution in [0.3, 0.4) is 0 Å². The van der Waals surface area contributed by atoms with Gasteiger partial charge in [0.05, 0.1) is 16.8 Å². The molecule has 0 atom stereocenters. The van der Waals surface area contributed by atoms with Gasteiger partial charge in [-0.1, -0.05) is 30.3 Å². The summed E-state index contributed by atoms with van der Waals surface area (Å²) in [6.07, 6.45) is 0.507. The molecule has 0 aliphatic carbocycles. The quantitative estimate of drug-likeness (QED) is 0.531. The van der Waals surface area contributed by atoms with Crippen molar-refractivity contribution in [3.63, 3.8) is 0 Å². The number of hydrogen-bond donors (Lipinski definition) is 3. The van der Waals surface area contributed by atoms with E-state index < -0.39 is 0 Å². The van der Waals surface area contributed by atoms with Crippen molar-refractivity contribution in [3.8, 4) is 17.4 Å². The van der Waals surface area contributed by atoms with Gasteiger partial charge < -0.3 is 10.2 Å². The Labute approximate surface area is 149 Å². The fourth-order valence-corrected chi connectivity index (χ4v) is 3.17. The number of nitrogens with one attached hydrogen (secondary N) is 1. The second-order valence-corrected chi connectivity index (χ2v) is 6.24. The first-order valence-electron chi connectivity index (χ1n) is 8.20. The number of aromatic nitrogens is 3. The van der Waals surface area contributed by atoms with E-state index in [9.17, 15) is 15.0 Å². The molecule has 0 bridgehead atoms. The third-order valence-electron chi connectivity index (χ3n) is 4.45. The predicted molar refractivity (Wildman–Crippen MR) is 99.0 cm³/mol. The van der Waals surface area contributed by atoms with Gasteiger partial charge in [-0.2, -0.15) is 5.10 Å². The van der Waals surface area contributed by atoms with Crippen molar-refractivity contribution < 1.29 is 10.2 Å². The number of aromatic hydroxyl groups is 2. The zero-order valence-electron chi connectivity index (χ0n) is 14.1. The zero-order chi connectivity index (χ0) is 18.3. The molecule has 6 nitrogen and oxygen atoms in total. The summed E-state index contributed by atoms with van der Waals surface area (Å²) in [5.74, 6) is -0.0166. The van der Waals surface area contributed by atoms with Crippen LogP contribution < -0.4 is 5.56 Å². The Hall–Kier alpha value is -3.54. The summed E-state index contributed by atoms with van der Waals surface area (Å²) in [6, 6.07) is 16.3. The highest BCUT2D eigenvalue weighted by molar-refractivity contribution is 5.83. The molecular weight excluding hydrogens is 330 g/mol. The number of aromatic amines is 1. The van der Waals surface area contributed by atoms with E-state index in [2.05, 4.69) is 10.2 Å². The number of fused-ring (bicyclic) bond motifs is 1. The highest BCUT2D eigenvalue weighted by Gasteiger charge is 2.13. The van der Waals surface area contributed by atoms with Crippen LogP contribution in [0.5, 0.6) is 11.8 Å². The lowest BCUT2D eigenvalue weighted by molar-refractivity contribution is 0.401. The topological polar surface area (TPSA) is 91.1 Å². The number of H-pyrrole nitrogens is 1. The van der Waals surface area contributed by atoms with Crippen LogP contribution >= 0.6 is 0 Å². The first-order chi connectivity index (χ1) is 12.5. The highest BCUT2D eigenvalue weighted by atomic mass is 16.3. The summed E-state index contributed by atoms with van der Waals surface area (Å²) >= 11 is 0. The molecular formula is C20H17N3O3. The molecule has 130 valence electrons. The molecule has 26 heavy (non-hydrogen) atoms. The Morgan fingerprint density at radius 1 is 1.04 bits per heavy atom. The Balaban J connectivity index is 1.77. The van der Waals surface area contributed by atoms with Crippen molar-refractivity contribution in [3.05, 3.63) is 81.8 Å². The first kappa shape index (κ1) is 16.0. The van der Waals surface area contributed by atoms with Gasteiger partial charge in [0, 0.05) is 23.4 Å². The predicted octanol–water partition coefficient (Wildman–Crippen LogP) is 3.02. The Bertz CT molecular complexity index is 1170. The van der Waals surface area contributed by atoms with Gasteiger partial charge in [0.25, 0.3) is 5.56 Å². The maximum atomic E-state index is 11.9. The number of nitrogens with zero attached hydrogens (tertiary/aromatic N) is 2.